The fourth-order valence-electron chi connectivity index (χ4n) is 4.28. The number of carbonyl (C=O) groups is 1. The predicted octanol–water partition coefficient (Wildman–Crippen LogP) is 3.62. The molecule has 0 aliphatic carbocycles. The van der Waals surface area contributed by atoms with Crippen LogP contribution in [0.25, 0.3) is 0 Å². The number of thioether (sulfide) groups is 1. The number of benzene rings is 2. The Hall–Kier alpha value is -2.08. The van der Waals surface area contributed by atoms with Crippen molar-refractivity contribution >= 4 is 43.4 Å². The van der Waals surface area contributed by atoms with Gasteiger partial charge in [-0.05, 0) is 74.4 Å². The number of hydrogen-bond acceptors (Lipinski definition) is 6. The molecular formula is C23H29N3O5S3. The maximum absolute atomic E-state index is 13.1. The lowest BCUT2D eigenvalue weighted by Gasteiger charge is -2.25. The Morgan fingerprint density at radius 3 is 2.03 bits per heavy atom. The van der Waals surface area contributed by atoms with Gasteiger partial charge in [0.15, 0.2) is 0 Å². The molecule has 0 aromatic heterocycles. The Labute approximate surface area is 205 Å². The van der Waals surface area contributed by atoms with Crippen molar-refractivity contribution in [2.24, 2.45) is 0 Å². The maximum Gasteiger partial charge on any atom is 0.261 e. The van der Waals surface area contributed by atoms with Crippen molar-refractivity contribution < 1.29 is 21.6 Å². The summed E-state index contributed by atoms with van der Waals surface area (Å²) in [6, 6.07) is 10.3. The summed E-state index contributed by atoms with van der Waals surface area (Å²) < 4.78 is 55.7. The summed E-state index contributed by atoms with van der Waals surface area (Å²) in [6.45, 7) is 2.35. The highest BCUT2D eigenvalue weighted by Crippen LogP contribution is 2.28. The first kappa shape index (κ1) is 25.0. The quantitative estimate of drug-likeness (QED) is 0.556. The van der Waals surface area contributed by atoms with Crippen molar-refractivity contribution in [3.63, 3.8) is 0 Å². The van der Waals surface area contributed by atoms with Gasteiger partial charge in [0.1, 0.15) is 0 Å². The molecule has 34 heavy (non-hydrogen) atoms. The van der Waals surface area contributed by atoms with Crippen LogP contribution in [0.15, 0.2) is 57.2 Å². The van der Waals surface area contributed by atoms with E-state index in [1.807, 2.05) is 6.26 Å². The van der Waals surface area contributed by atoms with Crippen molar-refractivity contribution in [2.45, 2.75) is 46.8 Å². The minimum Gasteiger partial charge on any atom is -0.339 e. The normalized spacial score (nSPS) is 17.6. The van der Waals surface area contributed by atoms with Gasteiger partial charge in [-0.25, -0.2) is 16.8 Å². The van der Waals surface area contributed by atoms with Crippen molar-refractivity contribution in [1.29, 1.82) is 0 Å². The van der Waals surface area contributed by atoms with E-state index in [-0.39, 0.29) is 21.4 Å². The van der Waals surface area contributed by atoms with Crippen LogP contribution in [0.5, 0.6) is 0 Å². The van der Waals surface area contributed by atoms with E-state index in [1.54, 1.807) is 11.0 Å². The second-order valence-corrected chi connectivity index (χ2v) is 12.9. The molecule has 184 valence electrons. The first-order chi connectivity index (χ1) is 16.2. The molecule has 1 N–H and O–H groups in total. The van der Waals surface area contributed by atoms with Crippen LogP contribution in [0.1, 0.15) is 42.5 Å². The summed E-state index contributed by atoms with van der Waals surface area (Å²) in [5.41, 5.74) is 0.624. The van der Waals surface area contributed by atoms with Crippen LogP contribution < -0.4 is 4.72 Å². The number of hydrogen-bond donors (Lipinski definition) is 1. The molecule has 2 heterocycles. The first-order valence-electron chi connectivity index (χ1n) is 11.3. The zero-order valence-electron chi connectivity index (χ0n) is 19.1. The molecule has 2 fully saturated rings. The molecule has 4 rings (SSSR count). The third-order valence-corrected chi connectivity index (χ3v) is 10.3. The maximum atomic E-state index is 13.1. The number of nitrogens with one attached hydrogen (secondary N) is 1. The average Bonchev–Trinajstić information content (AvgIpc) is 3.39. The molecule has 0 atom stereocenters. The van der Waals surface area contributed by atoms with E-state index in [2.05, 4.69) is 4.72 Å². The fourth-order valence-corrected chi connectivity index (χ4v) is 7.45. The summed E-state index contributed by atoms with van der Waals surface area (Å²) in [7, 11) is -7.57. The smallest absolute Gasteiger partial charge is 0.261 e. The highest BCUT2D eigenvalue weighted by Gasteiger charge is 2.27. The Balaban J connectivity index is 1.55. The number of nitrogens with zero attached hydrogens (tertiary/aromatic N) is 2. The number of anilines is 1. The van der Waals surface area contributed by atoms with Crippen LogP contribution in [0.2, 0.25) is 0 Å². The number of sulfonamides is 2. The van der Waals surface area contributed by atoms with Crippen LogP contribution in [0, 0.1) is 0 Å². The van der Waals surface area contributed by atoms with Crippen LogP contribution in [0.4, 0.5) is 5.69 Å². The Kier molecular flexibility index (Phi) is 7.56. The first-order valence-corrected chi connectivity index (χ1v) is 15.5. The van der Waals surface area contributed by atoms with Crippen molar-refractivity contribution in [3.8, 4) is 0 Å². The number of carbonyl (C=O) groups excluding carboxylic acids is 1. The van der Waals surface area contributed by atoms with E-state index in [0.717, 1.165) is 37.0 Å². The monoisotopic (exact) mass is 523 g/mol. The average molecular weight is 524 g/mol. The molecule has 2 aliphatic heterocycles. The molecule has 1 amide bonds. The zero-order chi connectivity index (χ0) is 24.3. The lowest BCUT2D eigenvalue weighted by Crippen LogP contribution is -2.35. The van der Waals surface area contributed by atoms with Crippen LogP contribution >= 0.6 is 11.8 Å². The summed E-state index contributed by atoms with van der Waals surface area (Å²) in [5.74, 6) is -0.161. The molecule has 8 nitrogen and oxygen atoms in total. The number of likely N-dealkylation sites (tertiary alicyclic amines) is 1. The lowest BCUT2D eigenvalue weighted by atomic mass is 10.2. The van der Waals surface area contributed by atoms with Gasteiger partial charge in [-0.15, -0.1) is 11.8 Å². The van der Waals surface area contributed by atoms with Gasteiger partial charge in [0.05, 0.1) is 15.4 Å². The van der Waals surface area contributed by atoms with Gasteiger partial charge in [0.25, 0.3) is 15.9 Å². The number of rotatable bonds is 7. The highest BCUT2D eigenvalue weighted by atomic mass is 32.2. The van der Waals surface area contributed by atoms with E-state index in [9.17, 15) is 21.6 Å². The molecule has 0 spiro atoms. The van der Waals surface area contributed by atoms with Gasteiger partial charge < -0.3 is 4.90 Å². The second kappa shape index (κ2) is 10.3. The van der Waals surface area contributed by atoms with Crippen molar-refractivity contribution in [3.05, 3.63) is 48.0 Å². The van der Waals surface area contributed by atoms with Crippen LogP contribution in [-0.2, 0) is 20.0 Å². The Morgan fingerprint density at radius 1 is 0.824 bits per heavy atom. The van der Waals surface area contributed by atoms with Crippen molar-refractivity contribution in [1.82, 2.24) is 9.21 Å². The van der Waals surface area contributed by atoms with Gasteiger partial charge in [0.2, 0.25) is 10.0 Å². The van der Waals surface area contributed by atoms with E-state index in [4.69, 9.17) is 0 Å². The lowest BCUT2D eigenvalue weighted by molar-refractivity contribution is 0.0789. The predicted molar refractivity (Wildman–Crippen MR) is 133 cm³/mol. The molecule has 11 heteroatoms. The molecule has 2 aromatic carbocycles. The molecule has 0 unspecified atom stereocenters. The summed E-state index contributed by atoms with van der Waals surface area (Å²) >= 11 is 1.40. The van der Waals surface area contributed by atoms with E-state index in [1.165, 1.54) is 52.5 Å². The van der Waals surface area contributed by atoms with E-state index in [0.29, 0.717) is 31.7 Å². The minimum atomic E-state index is -3.98. The van der Waals surface area contributed by atoms with Gasteiger partial charge in [-0.1, -0.05) is 6.42 Å². The number of piperidine rings is 1. The fraction of sp³-hybridized carbons (Fsp3) is 0.435. The van der Waals surface area contributed by atoms with E-state index >= 15 is 0 Å². The molecule has 0 bridgehead atoms. The van der Waals surface area contributed by atoms with Gasteiger partial charge in [-0.2, -0.15) is 4.31 Å². The van der Waals surface area contributed by atoms with Crippen molar-refractivity contribution in [2.75, 3.05) is 37.2 Å². The van der Waals surface area contributed by atoms with Gasteiger partial charge in [-0.3, -0.25) is 9.52 Å². The summed E-state index contributed by atoms with van der Waals surface area (Å²) in [4.78, 5) is 15.6. The molecule has 2 aliphatic rings. The molecule has 2 aromatic rings. The molecular weight excluding hydrogens is 494 g/mol. The molecule has 0 saturated carbocycles. The minimum absolute atomic E-state index is 0.0159. The zero-order valence-corrected chi connectivity index (χ0v) is 21.5. The molecule has 0 radical (unpaired) electrons. The standard InChI is InChI=1S/C23H29N3O5S3/c1-32-22-12-11-20(17-21(22)23(27)25-13-5-6-14-25)33(28,29)24-18-7-9-19(10-8-18)34(30,31)26-15-3-2-4-16-26/h7-12,17,24H,2-6,13-16H2,1H3. The summed E-state index contributed by atoms with van der Waals surface area (Å²) in [5, 5.41) is 0. The second-order valence-electron chi connectivity index (χ2n) is 8.46. The third kappa shape index (κ3) is 5.27. The largest absolute Gasteiger partial charge is 0.339 e. The molecule has 2 saturated heterocycles. The van der Waals surface area contributed by atoms with Crippen LogP contribution in [-0.4, -0.2) is 64.4 Å². The van der Waals surface area contributed by atoms with Gasteiger partial charge >= 0.3 is 0 Å². The topological polar surface area (TPSA) is 104 Å². The Morgan fingerprint density at radius 2 is 1.41 bits per heavy atom. The third-order valence-electron chi connectivity index (χ3n) is 6.16. The van der Waals surface area contributed by atoms with E-state index < -0.39 is 20.0 Å². The van der Waals surface area contributed by atoms with Gasteiger partial charge in [0, 0.05) is 36.8 Å². The SMILES string of the molecule is CSc1ccc(S(=O)(=O)Nc2ccc(S(=O)(=O)N3CCCCC3)cc2)cc1C(=O)N1CCCC1. The summed E-state index contributed by atoms with van der Waals surface area (Å²) in [6.07, 6.45) is 6.45. The number of amides is 1. The highest BCUT2D eigenvalue weighted by molar-refractivity contribution is 7.98. The van der Waals surface area contributed by atoms with Crippen LogP contribution in [0.3, 0.4) is 0 Å². The Bertz CT molecular complexity index is 1250.